The van der Waals surface area contributed by atoms with Crippen LogP contribution < -0.4 is 5.32 Å². The van der Waals surface area contributed by atoms with Crippen molar-refractivity contribution in [1.82, 2.24) is 20.0 Å². The number of aryl methyl sites for hydroxylation is 1. The lowest BCUT2D eigenvalue weighted by Gasteiger charge is -2.32. The number of nitrogens with one attached hydrogen (secondary N) is 1. The molecular formula is C22H21F3N4O2S. The Hall–Kier alpha value is -3.14. The molecule has 2 aromatic heterocycles. The Morgan fingerprint density at radius 3 is 2.41 bits per heavy atom. The molecule has 6 nitrogen and oxygen atoms in total. The van der Waals surface area contributed by atoms with Crippen LogP contribution in [0.2, 0.25) is 0 Å². The molecule has 1 aliphatic heterocycles. The van der Waals surface area contributed by atoms with Crippen molar-refractivity contribution in [3.63, 3.8) is 0 Å². The number of amides is 2. The van der Waals surface area contributed by atoms with E-state index in [0.29, 0.717) is 18.4 Å². The zero-order chi connectivity index (χ0) is 22.9. The van der Waals surface area contributed by atoms with E-state index in [1.807, 2.05) is 12.3 Å². The van der Waals surface area contributed by atoms with Gasteiger partial charge in [0, 0.05) is 30.1 Å². The first-order valence-electron chi connectivity index (χ1n) is 10.1. The number of alkyl halides is 3. The van der Waals surface area contributed by atoms with Crippen LogP contribution in [0.15, 0.2) is 47.3 Å². The van der Waals surface area contributed by atoms with Crippen molar-refractivity contribution in [3.8, 4) is 5.69 Å². The van der Waals surface area contributed by atoms with Gasteiger partial charge < -0.3 is 10.2 Å². The van der Waals surface area contributed by atoms with E-state index in [1.165, 1.54) is 28.4 Å². The molecule has 0 saturated carbocycles. The van der Waals surface area contributed by atoms with Crippen molar-refractivity contribution in [2.24, 2.45) is 0 Å². The number of halogens is 3. The molecule has 1 fully saturated rings. The fourth-order valence-corrected chi connectivity index (χ4v) is 4.36. The fraction of sp³-hybridized carbons (Fsp3) is 0.318. The molecular weight excluding hydrogens is 441 g/mol. The average molecular weight is 462 g/mol. The minimum atomic E-state index is -4.75. The molecule has 1 N–H and O–H groups in total. The minimum Gasteiger partial charge on any atom is -0.349 e. The van der Waals surface area contributed by atoms with Crippen LogP contribution in [0.1, 0.15) is 44.8 Å². The minimum absolute atomic E-state index is 0.135. The van der Waals surface area contributed by atoms with Gasteiger partial charge in [-0.25, -0.2) is 4.68 Å². The highest BCUT2D eigenvalue weighted by Crippen LogP contribution is 2.34. The third kappa shape index (κ3) is 4.55. The third-order valence-electron chi connectivity index (χ3n) is 5.45. The summed E-state index contributed by atoms with van der Waals surface area (Å²) in [6, 6.07) is 8.04. The van der Waals surface area contributed by atoms with Crippen molar-refractivity contribution >= 4 is 23.2 Å². The quantitative estimate of drug-likeness (QED) is 0.629. The van der Waals surface area contributed by atoms with Gasteiger partial charge in [0.15, 0.2) is 5.69 Å². The molecule has 3 aromatic rings. The van der Waals surface area contributed by atoms with Crippen molar-refractivity contribution in [2.75, 3.05) is 13.1 Å². The fourth-order valence-electron chi connectivity index (χ4n) is 3.72. The first-order chi connectivity index (χ1) is 15.2. The largest absolute Gasteiger partial charge is 0.434 e. The molecule has 0 radical (unpaired) electrons. The van der Waals surface area contributed by atoms with Crippen molar-refractivity contribution in [3.05, 3.63) is 69.7 Å². The molecule has 0 unspecified atom stereocenters. The molecule has 0 bridgehead atoms. The van der Waals surface area contributed by atoms with Gasteiger partial charge >= 0.3 is 6.18 Å². The van der Waals surface area contributed by atoms with E-state index in [0.717, 1.165) is 16.4 Å². The third-order valence-corrected chi connectivity index (χ3v) is 6.13. The van der Waals surface area contributed by atoms with Gasteiger partial charge in [-0.05, 0) is 43.3 Å². The van der Waals surface area contributed by atoms with Gasteiger partial charge in [0.2, 0.25) is 0 Å². The summed E-state index contributed by atoms with van der Waals surface area (Å²) in [6.45, 7) is 2.33. The summed E-state index contributed by atoms with van der Waals surface area (Å²) < 4.78 is 42.5. The Balaban J connectivity index is 1.49. The predicted molar refractivity (Wildman–Crippen MR) is 114 cm³/mol. The van der Waals surface area contributed by atoms with E-state index in [2.05, 4.69) is 10.4 Å². The maximum atomic E-state index is 13.9. The Labute approximate surface area is 186 Å². The van der Waals surface area contributed by atoms with Gasteiger partial charge in [0.25, 0.3) is 11.8 Å². The maximum absolute atomic E-state index is 13.9. The number of hydrogen-bond acceptors (Lipinski definition) is 4. The molecule has 2 amide bonds. The van der Waals surface area contributed by atoms with Crippen LogP contribution in [0.3, 0.4) is 0 Å². The Kier molecular flexibility index (Phi) is 6.05. The molecule has 32 heavy (non-hydrogen) atoms. The summed E-state index contributed by atoms with van der Waals surface area (Å²) >= 11 is 1.42. The van der Waals surface area contributed by atoms with Crippen LogP contribution in [0.25, 0.3) is 5.69 Å². The monoisotopic (exact) mass is 462 g/mol. The molecule has 0 aliphatic carbocycles. The molecule has 1 aromatic carbocycles. The summed E-state index contributed by atoms with van der Waals surface area (Å²) in [7, 11) is 0. The van der Waals surface area contributed by atoms with Crippen LogP contribution in [0, 0.1) is 6.92 Å². The molecule has 4 rings (SSSR count). The van der Waals surface area contributed by atoms with Gasteiger partial charge in [0.1, 0.15) is 0 Å². The SMILES string of the molecule is Cc1ccc(-n2ncc(C(=O)N3CCC(NC(=O)c4ccsc4)CC3)c2C(F)(F)F)cc1. The number of aromatic nitrogens is 2. The van der Waals surface area contributed by atoms with Crippen molar-refractivity contribution in [1.29, 1.82) is 0 Å². The van der Waals surface area contributed by atoms with E-state index in [-0.39, 0.29) is 30.7 Å². The van der Waals surface area contributed by atoms with Crippen molar-refractivity contribution in [2.45, 2.75) is 32.0 Å². The molecule has 0 spiro atoms. The molecule has 1 aliphatic rings. The van der Waals surface area contributed by atoms with Crippen LogP contribution in [-0.4, -0.2) is 45.6 Å². The van der Waals surface area contributed by atoms with E-state index < -0.39 is 23.3 Å². The Morgan fingerprint density at radius 1 is 1.12 bits per heavy atom. The van der Waals surface area contributed by atoms with Gasteiger partial charge in [-0.15, -0.1) is 0 Å². The summed E-state index contributed by atoms with van der Waals surface area (Å²) in [5, 5.41) is 10.4. The first-order valence-corrected chi connectivity index (χ1v) is 11.0. The molecule has 0 atom stereocenters. The summed E-state index contributed by atoms with van der Waals surface area (Å²) in [5.74, 6) is -0.895. The van der Waals surface area contributed by atoms with E-state index in [4.69, 9.17) is 0 Å². The van der Waals surface area contributed by atoms with E-state index in [9.17, 15) is 22.8 Å². The lowest BCUT2D eigenvalue weighted by atomic mass is 10.0. The average Bonchev–Trinajstić information content (AvgIpc) is 3.44. The zero-order valence-corrected chi connectivity index (χ0v) is 18.0. The van der Waals surface area contributed by atoms with E-state index in [1.54, 1.807) is 23.6 Å². The standard InChI is InChI=1S/C22H21F3N4O2S/c1-14-2-4-17(5-3-14)29-19(22(23,24)25)18(12-26-29)21(31)28-9-6-16(7-10-28)27-20(30)15-8-11-32-13-15/h2-5,8,11-13,16H,6-7,9-10H2,1H3,(H,27,30). The number of likely N-dealkylation sites (tertiary alicyclic amines) is 1. The molecule has 3 heterocycles. The van der Waals surface area contributed by atoms with Crippen molar-refractivity contribution < 1.29 is 22.8 Å². The van der Waals surface area contributed by atoms with Crippen LogP contribution in [-0.2, 0) is 6.18 Å². The highest BCUT2D eigenvalue weighted by atomic mass is 32.1. The lowest BCUT2D eigenvalue weighted by molar-refractivity contribution is -0.143. The first kappa shape index (κ1) is 22.1. The molecule has 1 saturated heterocycles. The molecule has 10 heteroatoms. The smallest absolute Gasteiger partial charge is 0.349 e. The number of benzene rings is 1. The zero-order valence-electron chi connectivity index (χ0n) is 17.2. The topological polar surface area (TPSA) is 67.2 Å². The number of piperidine rings is 1. The second-order valence-electron chi connectivity index (χ2n) is 7.70. The van der Waals surface area contributed by atoms with E-state index >= 15 is 0 Å². The number of thiophene rings is 1. The normalized spacial score (nSPS) is 15.1. The van der Waals surface area contributed by atoms with Gasteiger partial charge in [-0.1, -0.05) is 17.7 Å². The second-order valence-corrected chi connectivity index (χ2v) is 8.48. The van der Waals surface area contributed by atoms with Crippen LogP contribution in [0.5, 0.6) is 0 Å². The number of carbonyl (C=O) groups is 2. The lowest BCUT2D eigenvalue weighted by Crippen LogP contribution is -2.46. The van der Waals surface area contributed by atoms with Gasteiger partial charge in [-0.3, -0.25) is 9.59 Å². The molecule has 168 valence electrons. The van der Waals surface area contributed by atoms with Crippen LogP contribution >= 0.6 is 11.3 Å². The summed E-state index contributed by atoms with van der Waals surface area (Å²) in [5.41, 5.74) is 0.154. The summed E-state index contributed by atoms with van der Waals surface area (Å²) in [4.78, 5) is 26.6. The number of rotatable bonds is 4. The second kappa shape index (κ2) is 8.78. The predicted octanol–water partition coefficient (Wildman–Crippen LogP) is 4.30. The Morgan fingerprint density at radius 2 is 1.81 bits per heavy atom. The van der Waals surface area contributed by atoms with Crippen LogP contribution in [0.4, 0.5) is 13.2 Å². The Bertz CT molecular complexity index is 1100. The number of nitrogens with zero attached hydrogens (tertiary/aromatic N) is 3. The van der Waals surface area contributed by atoms with Gasteiger partial charge in [0.05, 0.1) is 17.4 Å². The summed E-state index contributed by atoms with van der Waals surface area (Å²) in [6.07, 6.45) is -2.83. The maximum Gasteiger partial charge on any atom is 0.434 e. The number of hydrogen-bond donors (Lipinski definition) is 1. The highest BCUT2D eigenvalue weighted by Gasteiger charge is 2.41. The number of carbonyl (C=O) groups excluding carboxylic acids is 2. The highest BCUT2D eigenvalue weighted by molar-refractivity contribution is 7.08. The van der Waals surface area contributed by atoms with Gasteiger partial charge in [-0.2, -0.15) is 29.6 Å².